The summed E-state index contributed by atoms with van der Waals surface area (Å²) in [5.74, 6) is 1.66. The van der Waals surface area contributed by atoms with Gasteiger partial charge in [-0.3, -0.25) is 4.98 Å². The van der Waals surface area contributed by atoms with Gasteiger partial charge >= 0.3 is 0 Å². The lowest BCUT2D eigenvalue weighted by molar-refractivity contribution is 0.265. The molecule has 0 spiro atoms. The Morgan fingerprint density at radius 1 is 1.19 bits per heavy atom. The fourth-order valence-electron chi connectivity index (χ4n) is 1.87. The van der Waals surface area contributed by atoms with Gasteiger partial charge in [0.15, 0.2) is 11.5 Å². The summed E-state index contributed by atoms with van der Waals surface area (Å²) in [6.45, 7) is 0.680. The Kier molecular flexibility index (Phi) is 5.25. The van der Waals surface area contributed by atoms with Crippen molar-refractivity contribution in [2.75, 3.05) is 14.2 Å². The molecule has 1 aromatic heterocycles. The van der Waals surface area contributed by atoms with E-state index in [2.05, 4.69) is 4.98 Å². The second kappa shape index (κ2) is 7.15. The quantitative estimate of drug-likeness (QED) is 0.889. The molecule has 0 saturated carbocycles. The number of hydrogen-bond donors (Lipinski definition) is 1. The zero-order chi connectivity index (χ0) is 15.2. The molecule has 2 N–H and O–H groups in total. The average Bonchev–Trinajstić information content (AvgIpc) is 2.53. The summed E-state index contributed by atoms with van der Waals surface area (Å²) in [5.41, 5.74) is 7.39. The topological polar surface area (TPSA) is 66.6 Å². The monoisotopic (exact) mass is 308 g/mol. The van der Waals surface area contributed by atoms with Crippen molar-refractivity contribution in [3.8, 4) is 17.2 Å². The largest absolute Gasteiger partial charge is 0.493 e. The first kappa shape index (κ1) is 15.4. The van der Waals surface area contributed by atoms with Crippen molar-refractivity contribution >= 4 is 11.6 Å². The molecule has 0 bridgehead atoms. The van der Waals surface area contributed by atoms with Crippen LogP contribution in [0.2, 0.25) is 5.02 Å². The number of methoxy groups -OCH3 is 2. The van der Waals surface area contributed by atoms with Crippen LogP contribution in [-0.2, 0) is 13.2 Å². The Hall–Kier alpha value is -1.98. The Balaban J connectivity index is 2.28. The number of hydrogen-bond acceptors (Lipinski definition) is 5. The van der Waals surface area contributed by atoms with E-state index in [0.29, 0.717) is 28.8 Å². The summed E-state index contributed by atoms with van der Waals surface area (Å²) in [5, 5.41) is 0.550. The van der Waals surface area contributed by atoms with Crippen LogP contribution in [0.4, 0.5) is 0 Å². The highest BCUT2D eigenvalue weighted by molar-refractivity contribution is 6.31. The standard InChI is InChI=1S/C15H17ClN2O3/c1-19-13-5-10(7-17)6-14(20-2)15(13)21-9-11-3-4-18-8-12(11)16/h3-6,8H,7,9,17H2,1-2H3. The number of ether oxygens (including phenoxy) is 3. The smallest absolute Gasteiger partial charge is 0.203 e. The molecular weight excluding hydrogens is 292 g/mol. The van der Waals surface area contributed by atoms with Crippen molar-refractivity contribution in [3.05, 3.63) is 46.7 Å². The molecule has 0 saturated heterocycles. The maximum absolute atomic E-state index is 6.06. The van der Waals surface area contributed by atoms with Crippen LogP contribution >= 0.6 is 11.6 Å². The molecule has 1 heterocycles. The van der Waals surface area contributed by atoms with E-state index in [1.165, 1.54) is 0 Å². The van der Waals surface area contributed by atoms with Crippen LogP contribution in [0.1, 0.15) is 11.1 Å². The molecular formula is C15H17ClN2O3. The molecule has 21 heavy (non-hydrogen) atoms. The van der Waals surface area contributed by atoms with Gasteiger partial charge in [-0.1, -0.05) is 11.6 Å². The van der Waals surface area contributed by atoms with Crippen LogP contribution in [0, 0.1) is 0 Å². The van der Waals surface area contributed by atoms with E-state index in [0.717, 1.165) is 11.1 Å². The third-order valence-corrected chi connectivity index (χ3v) is 3.32. The van der Waals surface area contributed by atoms with E-state index in [4.69, 9.17) is 31.5 Å². The van der Waals surface area contributed by atoms with Gasteiger partial charge in [0.25, 0.3) is 0 Å². The molecule has 0 atom stereocenters. The first-order valence-corrected chi connectivity index (χ1v) is 6.73. The normalized spacial score (nSPS) is 10.3. The number of halogens is 1. The lowest BCUT2D eigenvalue weighted by atomic mass is 10.2. The summed E-state index contributed by atoms with van der Waals surface area (Å²) in [4.78, 5) is 3.94. The van der Waals surface area contributed by atoms with Gasteiger partial charge in [-0.25, -0.2) is 0 Å². The summed E-state index contributed by atoms with van der Waals surface area (Å²) in [6, 6.07) is 5.45. The summed E-state index contributed by atoms with van der Waals surface area (Å²) < 4.78 is 16.5. The van der Waals surface area contributed by atoms with Crippen LogP contribution in [0.5, 0.6) is 17.2 Å². The molecule has 0 aliphatic heterocycles. The Labute approximate surface area is 128 Å². The number of benzene rings is 1. The fraction of sp³-hybridized carbons (Fsp3) is 0.267. The van der Waals surface area contributed by atoms with Crippen molar-refractivity contribution in [2.24, 2.45) is 5.73 Å². The number of rotatable bonds is 6. The van der Waals surface area contributed by atoms with Gasteiger partial charge in [0, 0.05) is 24.5 Å². The minimum Gasteiger partial charge on any atom is -0.493 e. The molecule has 6 heteroatoms. The van der Waals surface area contributed by atoms with Gasteiger partial charge in [0.2, 0.25) is 5.75 Å². The highest BCUT2D eigenvalue weighted by atomic mass is 35.5. The van der Waals surface area contributed by atoms with Crippen molar-refractivity contribution in [3.63, 3.8) is 0 Å². The Morgan fingerprint density at radius 3 is 2.38 bits per heavy atom. The Morgan fingerprint density at radius 2 is 1.86 bits per heavy atom. The predicted octanol–water partition coefficient (Wildman–Crippen LogP) is 2.79. The first-order chi connectivity index (χ1) is 10.2. The maximum atomic E-state index is 6.06. The second-order valence-corrected chi connectivity index (χ2v) is 4.70. The number of pyridine rings is 1. The number of nitrogens with zero attached hydrogens (tertiary/aromatic N) is 1. The molecule has 1 aromatic carbocycles. The van der Waals surface area contributed by atoms with E-state index in [9.17, 15) is 0 Å². The Bertz CT molecular complexity index is 595. The van der Waals surface area contributed by atoms with Crippen LogP contribution < -0.4 is 19.9 Å². The van der Waals surface area contributed by atoms with Crippen molar-refractivity contribution in [1.29, 1.82) is 0 Å². The van der Waals surface area contributed by atoms with Gasteiger partial charge in [0.05, 0.1) is 19.2 Å². The third kappa shape index (κ3) is 3.56. The predicted molar refractivity (Wildman–Crippen MR) is 81.0 cm³/mol. The third-order valence-electron chi connectivity index (χ3n) is 2.98. The van der Waals surface area contributed by atoms with Gasteiger partial charge < -0.3 is 19.9 Å². The lowest BCUT2D eigenvalue weighted by Gasteiger charge is -2.16. The molecule has 0 aliphatic carbocycles. The molecule has 0 unspecified atom stereocenters. The number of nitrogens with two attached hydrogens (primary N) is 1. The zero-order valence-electron chi connectivity index (χ0n) is 11.9. The summed E-state index contributed by atoms with van der Waals surface area (Å²) in [6.07, 6.45) is 3.24. The zero-order valence-corrected chi connectivity index (χ0v) is 12.7. The average molecular weight is 309 g/mol. The minimum atomic E-state index is 0.288. The summed E-state index contributed by atoms with van der Waals surface area (Å²) in [7, 11) is 3.14. The molecule has 0 fully saturated rings. The first-order valence-electron chi connectivity index (χ1n) is 6.35. The van der Waals surface area contributed by atoms with Crippen molar-refractivity contribution in [2.45, 2.75) is 13.2 Å². The number of aromatic nitrogens is 1. The summed E-state index contributed by atoms with van der Waals surface area (Å²) >= 11 is 6.06. The van der Waals surface area contributed by atoms with Gasteiger partial charge in [-0.15, -0.1) is 0 Å². The van der Waals surface area contributed by atoms with E-state index >= 15 is 0 Å². The maximum Gasteiger partial charge on any atom is 0.203 e. The van der Waals surface area contributed by atoms with E-state index in [1.807, 2.05) is 12.1 Å². The molecule has 2 aromatic rings. The van der Waals surface area contributed by atoms with Crippen LogP contribution in [-0.4, -0.2) is 19.2 Å². The van der Waals surface area contributed by atoms with E-state index in [-0.39, 0.29) is 6.61 Å². The van der Waals surface area contributed by atoms with Crippen LogP contribution in [0.3, 0.4) is 0 Å². The van der Waals surface area contributed by atoms with Gasteiger partial charge in [-0.05, 0) is 23.8 Å². The van der Waals surface area contributed by atoms with E-state index in [1.54, 1.807) is 32.7 Å². The van der Waals surface area contributed by atoms with Crippen molar-refractivity contribution in [1.82, 2.24) is 4.98 Å². The second-order valence-electron chi connectivity index (χ2n) is 4.29. The molecule has 0 radical (unpaired) electrons. The van der Waals surface area contributed by atoms with Crippen molar-refractivity contribution < 1.29 is 14.2 Å². The molecule has 0 amide bonds. The van der Waals surface area contributed by atoms with Gasteiger partial charge in [0.1, 0.15) is 6.61 Å². The lowest BCUT2D eigenvalue weighted by Crippen LogP contribution is -2.03. The highest BCUT2D eigenvalue weighted by Crippen LogP contribution is 2.39. The molecule has 0 aliphatic rings. The van der Waals surface area contributed by atoms with E-state index < -0.39 is 0 Å². The minimum absolute atomic E-state index is 0.288. The van der Waals surface area contributed by atoms with Gasteiger partial charge in [-0.2, -0.15) is 0 Å². The fourth-order valence-corrected chi connectivity index (χ4v) is 2.04. The molecule has 112 valence electrons. The van der Waals surface area contributed by atoms with Crippen LogP contribution in [0.25, 0.3) is 0 Å². The highest BCUT2D eigenvalue weighted by Gasteiger charge is 2.14. The molecule has 5 nitrogen and oxygen atoms in total. The molecule has 2 rings (SSSR count). The SMILES string of the molecule is COc1cc(CN)cc(OC)c1OCc1ccncc1Cl. The van der Waals surface area contributed by atoms with Crippen LogP contribution in [0.15, 0.2) is 30.6 Å².